The first kappa shape index (κ1) is 7.98. The standard InChI is InChI=1S/C7H16N2O/c1-2-6-3-9-7(5-10)4-8-6/h6-10H,2-5H2,1H3/t6-,7?/m1/s1. The summed E-state index contributed by atoms with van der Waals surface area (Å²) in [4.78, 5) is 0. The average Bonchev–Trinajstić information content (AvgIpc) is 2.05. The molecule has 0 spiro atoms. The Labute approximate surface area is 61.8 Å². The zero-order chi connectivity index (χ0) is 7.40. The van der Waals surface area contributed by atoms with Gasteiger partial charge in [-0.15, -0.1) is 0 Å². The van der Waals surface area contributed by atoms with E-state index in [1.807, 2.05) is 0 Å². The van der Waals surface area contributed by atoms with E-state index in [1.54, 1.807) is 0 Å². The van der Waals surface area contributed by atoms with Gasteiger partial charge in [0.15, 0.2) is 0 Å². The Morgan fingerprint density at radius 1 is 1.30 bits per heavy atom. The molecule has 10 heavy (non-hydrogen) atoms. The molecule has 1 fully saturated rings. The molecular weight excluding hydrogens is 128 g/mol. The molecule has 0 radical (unpaired) electrons. The normalized spacial score (nSPS) is 34.2. The van der Waals surface area contributed by atoms with Crippen molar-refractivity contribution in [1.82, 2.24) is 10.6 Å². The molecular formula is C7H16N2O. The predicted octanol–water partition coefficient (Wildman–Crippen LogP) is -0.681. The van der Waals surface area contributed by atoms with Crippen LogP contribution in [0, 0.1) is 0 Å². The highest BCUT2D eigenvalue weighted by Crippen LogP contribution is 1.95. The maximum atomic E-state index is 8.75. The molecule has 0 bridgehead atoms. The van der Waals surface area contributed by atoms with Gasteiger partial charge in [0.05, 0.1) is 6.61 Å². The van der Waals surface area contributed by atoms with E-state index in [-0.39, 0.29) is 12.6 Å². The van der Waals surface area contributed by atoms with E-state index in [9.17, 15) is 0 Å². The van der Waals surface area contributed by atoms with Crippen molar-refractivity contribution in [3.05, 3.63) is 0 Å². The molecule has 1 heterocycles. The summed E-state index contributed by atoms with van der Waals surface area (Å²) in [6.07, 6.45) is 1.16. The first-order chi connectivity index (χ1) is 4.86. The predicted molar refractivity (Wildman–Crippen MR) is 41.0 cm³/mol. The van der Waals surface area contributed by atoms with Crippen LogP contribution < -0.4 is 10.6 Å². The highest BCUT2D eigenvalue weighted by molar-refractivity contribution is 4.81. The molecule has 0 aromatic heterocycles. The number of hydrogen-bond acceptors (Lipinski definition) is 3. The maximum absolute atomic E-state index is 8.75. The summed E-state index contributed by atoms with van der Waals surface area (Å²) < 4.78 is 0. The third-order valence-electron chi connectivity index (χ3n) is 2.02. The summed E-state index contributed by atoms with van der Waals surface area (Å²) in [5.74, 6) is 0. The lowest BCUT2D eigenvalue weighted by atomic mass is 10.1. The number of hydrogen-bond donors (Lipinski definition) is 3. The number of piperazine rings is 1. The number of nitrogens with one attached hydrogen (secondary N) is 2. The lowest BCUT2D eigenvalue weighted by Crippen LogP contribution is -2.55. The summed E-state index contributed by atoms with van der Waals surface area (Å²) in [5, 5.41) is 15.4. The molecule has 0 amide bonds. The molecule has 0 saturated carbocycles. The lowest BCUT2D eigenvalue weighted by molar-refractivity contribution is 0.211. The van der Waals surface area contributed by atoms with Gasteiger partial charge < -0.3 is 15.7 Å². The molecule has 1 saturated heterocycles. The highest BCUT2D eigenvalue weighted by Gasteiger charge is 2.16. The molecule has 0 aromatic rings. The van der Waals surface area contributed by atoms with Crippen molar-refractivity contribution in [3.8, 4) is 0 Å². The van der Waals surface area contributed by atoms with Crippen LogP contribution in [0.3, 0.4) is 0 Å². The van der Waals surface area contributed by atoms with Crippen molar-refractivity contribution >= 4 is 0 Å². The van der Waals surface area contributed by atoms with Crippen molar-refractivity contribution in [2.75, 3.05) is 19.7 Å². The third kappa shape index (κ3) is 1.94. The van der Waals surface area contributed by atoms with E-state index in [0.29, 0.717) is 6.04 Å². The number of aliphatic hydroxyl groups excluding tert-OH is 1. The minimum atomic E-state index is 0.240. The topological polar surface area (TPSA) is 44.3 Å². The van der Waals surface area contributed by atoms with Crippen LogP contribution in [-0.2, 0) is 0 Å². The fourth-order valence-corrected chi connectivity index (χ4v) is 1.18. The van der Waals surface area contributed by atoms with Crippen LogP contribution in [0.4, 0.5) is 0 Å². The summed E-state index contributed by atoms with van der Waals surface area (Å²) >= 11 is 0. The molecule has 3 heteroatoms. The van der Waals surface area contributed by atoms with Gasteiger partial charge in [0, 0.05) is 25.2 Å². The van der Waals surface area contributed by atoms with Crippen molar-refractivity contribution < 1.29 is 5.11 Å². The van der Waals surface area contributed by atoms with Crippen LogP contribution in [0.15, 0.2) is 0 Å². The van der Waals surface area contributed by atoms with Gasteiger partial charge in [0.2, 0.25) is 0 Å². The Morgan fingerprint density at radius 2 is 1.90 bits per heavy atom. The molecule has 60 valence electrons. The Bertz CT molecular complexity index is 77.6. The van der Waals surface area contributed by atoms with Gasteiger partial charge in [-0.1, -0.05) is 6.92 Å². The molecule has 0 aromatic carbocycles. The zero-order valence-electron chi connectivity index (χ0n) is 6.43. The van der Waals surface area contributed by atoms with Gasteiger partial charge in [-0.3, -0.25) is 0 Å². The summed E-state index contributed by atoms with van der Waals surface area (Å²) in [7, 11) is 0. The SMILES string of the molecule is CC[C@@H]1CNC(CO)CN1. The van der Waals surface area contributed by atoms with E-state index < -0.39 is 0 Å². The molecule has 1 aliphatic rings. The molecule has 0 aliphatic carbocycles. The molecule has 3 nitrogen and oxygen atoms in total. The monoisotopic (exact) mass is 144 g/mol. The van der Waals surface area contributed by atoms with Gasteiger partial charge in [-0.05, 0) is 6.42 Å². The Kier molecular flexibility index (Phi) is 3.12. The van der Waals surface area contributed by atoms with Crippen molar-refractivity contribution in [1.29, 1.82) is 0 Å². The second kappa shape index (κ2) is 3.91. The summed E-state index contributed by atoms with van der Waals surface area (Å²) in [6.45, 7) is 4.29. The minimum absolute atomic E-state index is 0.240. The van der Waals surface area contributed by atoms with Crippen LogP contribution in [-0.4, -0.2) is 36.9 Å². The molecule has 3 N–H and O–H groups in total. The Hall–Kier alpha value is -0.120. The second-order valence-electron chi connectivity index (χ2n) is 2.80. The fourth-order valence-electron chi connectivity index (χ4n) is 1.18. The van der Waals surface area contributed by atoms with Crippen molar-refractivity contribution in [3.63, 3.8) is 0 Å². The van der Waals surface area contributed by atoms with E-state index in [1.165, 1.54) is 0 Å². The molecule has 2 atom stereocenters. The van der Waals surface area contributed by atoms with E-state index in [4.69, 9.17) is 5.11 Å². The van der Waals surface area contributed by atoms with E-state index >= 15 is 0 Å². The number of aliphatic hydroxyl groups is 1. The van der Waals surface area contributed by atoms with Crippen LogP contribution >= 0.6 is 0 Å². The van der Waals surface area contributed by atoms with E-state index in [0.717, 1.165) is 19.5 Å². The Balaban J connectivity index is 2.17. The fraction of sp³-hybridized carbons (Fsp3) is 1.00. The van der Waals surface area contributed by atoms with Gasteiger partial charge in [-0.25, -0.2) is 0 Å². The van der Waals surface area contributed by atoms with Gasteiger partial charge in [0.1, 0.15) is 0 Å². The second-order valence-corrected chi connectivity index (χ2v) is 2.80. The van der Waals surface area contributed by atoms with Crippen molar-refractivity contribution in [2.45, 2.75) is 25.4 Å². The average molecular weight is 144 g/mol. The highest BCUT2D eigenvalue weighted by atomic mass is 16.3. The van der Waals surface area contributed by atoms with Gasteiger partial charge in [-0.2, -0.15) is 0 Å². The molecule has 1 rings (SSSR count). The largest absolute Gasteiger partial charge is 0.395 e. The maximum Gasteiger partial charge on any atom is 0.0597 e. The first-order valence-corrected chi connectivity index (χ1v) is 3.94. The Morgan fingerprint density at radius 3 is 2.30 bits per heavy atom. The quantitative estimate of drug-likeness (QED) is 0.481. The molecule has 1 aliphatic heterocycles. The zero-order valence-corrected chi connectivity index (χ0v) is 6.43. The van der Waals surface area contributed by atoms with Crippen LogP contribution in [0.1, 0.15) is 13.3 Å². The minimum Gasteiger partial charge on any atom is -0.395 e. The van der Waals surface area contributed by atoms with E-state index in [2.05, 4.69) is 17.6 Å². The lowest BCUT2D eigenvalue weighted by Gasteiger charge is -2.29. The van der Waals surface area contributed by atoms with Gasteiger partial charge in [0.25, 0.3) is 0 Å². The number of rotatable bonds is 2. The summed E-state index contributed by atoms with van der Waals surface area (Å²) in [5.41, 5.74) is 0. The van der Waals surface area contributed by atoms with Gasteiger partial charge >= 0.3 is 0 Å². The van der Waals surface area contributed by atoms with Crippen LogP contribution in [0.2, 0.25) is 0 Å². The molecule has 1 unspecified atom stereocenters. The van der Waals surface area contributed by atoms with Crippen LogP contribution in [0.5, 0.6) is 0 Å². The smallest absolute Gasteiger partial charge is 0.0597 e. The summed E-state index contributed by atoms with van der Waals surface area (Å²) in [6, 6.07) is 0.866. The van der Waals surface area contributed by atoms with Crippen molar-refractivity contribution in [2.24, 2.45) is 0 Å². The first-order valence-electron chi connectivity index (χ1n) is 3.94. The third-order valence-corrected chi connectivity index (χ3v) is 2.02. The van der Waals surface area contributed by atoms with Crippen LogP contribution in [0.25, 0.3) is 0 Å².